The van der Waals surface area contributed by atoms with E-state index in [4.69, 9.17) is 12.2 Å². The Morgan fingerprint density at radius 2 is 1.84 bits per heavy atom. The third-order valence-electron chi connectivity index (χ3n) is 3.17. The topological polar surface area (TPSA) is 66.1 Å². The molecule has 1 aliphatic rings. The quantitative estimate of drug-likeness (QED) is 0.565. The summed E-state index contributed by atoms with van der Waals surface area (Å²) in [6, 6.07) is 3.72. The summed E-state index contributed by atoms with van der Waals surface area (Å²) in [5.74, 6) is -0.227. The van der Waals surface area contributed by atoms with Crippen molar-refractivity contribution in [1.29, 1.82) is 0 Å². The Bertz CT molecular complexity index is 432. The van der Waals surface area contributed by atoms with Crippen LogP contribution in [0.25, 0.3) is 0 Å². The fraction of sp³-hybridized carbons (Fsp3) is 0.462. The molecule has 0 spiro atoms. The smallest absolute Gasteiger partial charge is 0.269 e. The lowest BCUT2D eigenvalue weighted by atomic mass is 9.96. The number of carbonyl (C=O) groups is 1. The van der Waals surface area contributed by atoms with Gasteiger partial charge in [-0.25, -0.2) is 0 Å². The highest BCUT2D eigenvalue weighted by molar-refractivity contribution is 7.80. The first-order valence-electron chi connectivity index (χ1n) is 6.52. The van der Waals surface area contributed by atoms with E-state index in [-0.39, 0.29) is 5.91 Å². The van der Waals surface area contributed by atoms with Crippen LogP contribution in [0.5, 0.6) is 0 Å². The number of hydrogen-bond donors (Lipinski definition) is 3. The van der Waals surface area contributed by atoms with Gasteiger partial charge in [0, 0.05) is 24.0 Å². The number of pyridine rings is 1. The molecule has 6 heteroatoms. The Morgan fingerprint density at radius 3 is 2.53 bits per heavy atom. The molecule has 0 saturated heterocycles. The van der Waals surface area contributed by atoms with Crippen molar-refractivity contribution < 1.29 is 4.79 Å². The second-order valence-corrected chi connectivity index (χ2v) is 5.03. The third-order valence-corrected chi connectivity index (χ3v) is 3.39. The SMILES string of the molecule is O=C(NNC(=S)NC1CCCCC1)c1ccncc1. The Labute approximate surface area is 118 Å². The average molecular weight is 278 g/mol. The molecule has 1 fully saturated rings. The van der Waals surface area contributed by atoms with Crippen LogP contribution in [0.4, 0.5) is 0 Å². The molecule has 1 aliphatic carbocycles. The Morgan fingerprint density at radius 1 is 1.16 bits per heavy atom. The molecule has 1 aromatic rings. The molecule has 3 N–H and O–H groups in total. The van der Waals surface area contributed by atoms with E-state index >= 15 is 0 Å². The van der Waals surface area contributed by atoms with Crippen molar-refractivity contribution in [3.63, 3.8) is 0 Å². The van der Waals surface area contributed by atoms with Gasteiger partial charge in [0.15, 0.2) is 5.11 Å². The highest BCUT2D eigenvalue weighted by Crippen LogP contribution is 2.17. The molecule has 5 nitrogen and oxygen atoms in total. The van der Waals surface area contributed by atoms with Crippen LogP contribution in [0.1, 0.15) is 42.5 Å². The number of amides is 1. The van der Waals surface area contributed by atoms with Gasteiger partial charge in [-0.1, -0.05) is 19.3 Å². The number of thiocarbonyl (C=S) groups is 1. The monoisotopic (exact) mass is 278 g/mol. The van der Waals surface area contributed by atoms with Crippen LogP contribution in [0.3, 0.4) is 0 Å². The number of rotatable bonds is 2. The van der Waals surface area contributed by atoms with E-state index in [1.807, 2.05) is 0 Å². The summed E-state index contributed by atoms with van der Waals surface area (Å²) in [7, 11) is 0. The molecule has 0 radical (unpaired) electrons. The summed E-state index contributed by atoms with van der Waals surface area (Å²) in [6.45, 7) is 0. The molecule has 19 heavy (non-hydrogen) atoms. The van der Waals surface area contributed by atoms with Gasteiger partial charge in [-0.3, -0.25) is 20.6 Å². The fourth-order valence-electron chi connectivity index (χ4n) is 2.16. The van der Waals surface area contributed by atoms with E-state index in [1.165, 1.54) is 19.3 Å². The Hall–Kier alpha value is -1.69. The lowest BCUT2D eigenvalue weighted by Crippen LogP contribution is -2.50. The largest absolute Gasteiger partial charge is 0.359 e. The van der Waals surface area contributed by atoms with Crippen molar-refractivity contribution in [2.45, 2.75) is 38.1 Å². The minimum atomic E-state index is -0.227. The maximum Gasteiger partial charge on any atom is 0.269 e. The summed E-state index contributed by atoms with van der Waals surface area (Å²) in [5, 5.41) is 3.69. The minimum absolute atomic E-state index is 0.227. The first kappa shape index (κ1) is 13.7. The number of hydrogen-bond acceptors (Lipinski definition) is 3. The van der Waals surface area contributed by atoms with Crippen LogP contribution < -0.4 is 16.2 Å². The van der Waals surface area contributed by atoms with Crippen molar-refractivity contribution in [2.75, 3.05) is 0 Å². The zero-order chi connectivity index (χ0) is 13.5. The standard InChI is InChI=1S/C13H18N4OS/c18-12(10-6-8-14-9-7-10)16-17-13(19)15-11-4-2-1-3-5-11/h6-9,11H,1-5H2,(H,16,18)(H2,15,17,19). The van der Waals surface area contributed by atoms with Gasteiger partial charge in [-0.05, 0) is 37.2 Å². The zero-order valence-electron chi connectivity index (χ0n) is 10.7. The van der Waals surface area contributed by atoms with Crippen LogP contribution in [0.2, 0.25) is 0 Å². The molecule has 0 atom stereocenters. The van der Waals surface area contributed by atoms with E-state index in [1.54, 1.807) is 24.5 Å². The van der Waals surface area contributed by atoms with Crippen molar-refractivity contribution in [3.8, 4) is 0 Å². The number of carbonyl (C=O) groups excluding carboxylic acids is 1. The molecule has 1 heterocycles. The molecular weight excluding hydrogens is 260 g/mol. The van der Waals surface area contributed by atoms with Crippen LogP contribution in [-0.2, 0) is 0 Å². The van der Waals surface area contributed by atoms with E-state index in [0.717, 1.165) is 12.8 Å². The van der Waals surface area contributed by atoms with E-state index < -0.39 is 0 Å². The fourth-order valence-corrected chi connectivity index (χ4v) is 2.38. The van der Waals surface area contributed by atoms with Crippen LogP contribution in [0, 0.1) is 0 Å². The maximum absolute atomic E-state index is 11.8. The first-order valence-corrected chi connectivity index (χ1v) is 6.93. The Kier molecular flexibility index (Phi) is 5.09. The highest BCUT2D eigenvalue weighted by atomic mass is 32.1. The molecule has 0 bridgehead atoms. The Balaban J connectivity index is 1.72. The zero-order valence-corrected chi connectivity index (χ0v) is 11.5. The summed E-state index contributed by atoms with van der Waals surface area (Å²) < 4.78 is 0. The first-order chi connectivity index (χ1) is 9.25. The molecule has 1 saturated carbocycles. The molecule has 2 rings (SSSR count). The van der Waals surface area contributed by atoms with Gasteiger partial charge >= 0.3 is 0 Å². The minimum Gasteiger partial charge on any atom is -0.359 e. The third kappa shape index (κ3) is 4.48. The average Bonchev–Trinajstić information content (AvgIpc) is 2.47. The molecule has 0 aliphatic heterocycles. The number of nitrogens with zero attached hydrogens (tertiary/aromatic N) is 1. The highest BCUT2D eigenvalue weighted by Gasteiger charge is 2.14. The van der Waals surface area contributed by atoms with Gasteiger partial charge in [0.05, 0.1) is 0 Å². The number of hydrazine groups is 1. The summed E-state index contributed by atoms with van der Waals surface area (Å²) in [4.78, 5) is 15.6. The molecule has 0 aromatic carbocycles. The van der Waals surface area contributed by atoms with Gasteiger partial charge in [0.2, 0.25) is 0 Å². The van der Waals surface area contributed by atoms with E-state index in [0.29, 0.717) is 16.7 Å². The van der Waals surface area contributed by atoms with Crippen molar-refractivity contribution in [3.05, 3.63) is 30.1 Å². The predicted octanol–water partition coefficient (Wildman–Crippen LogP) is 1.52. The maximum atomic E-state index is 11.8. The molecule has 0 unspecified atom stereocenters. The normalized spacial score (nSPS) is 15.6. The van der Waals surface area contributed by atoms with Crippen molar-refractivity contribution >= 4 is 23.2 Å². The van der Waals surface area contributed by atoms with Crippen molar-refractivity contribution in [2.24, 2.45) is 0 Å². The van der Waals surface area contributed by atoms with Gasteiger partial charge in [-0.2, -0.15) is 0 Å². The van der Waals surface area contributed by atoms with Gasteiger partial charge in [0.1, 0.15) is 0 Å². The van der Waals surface area contributed by atoms with Crippen LogP contribution in [-0.4, -0.2) is 22.0 Å². The molecular formula is C13H18N4OS. The molecule has 102 valence electrons. The van der Waals surface area contributed by atoms with Crippen molar-refractivity contribution in [1.82, 2.24) is 21.2 Å². The summed E-state index contributed by atoms with van der Waals surface area (Å²) in [6.07, 6.45) is 9.21. The lowest BCUT2D eigenvalue weighted by molar-refractivity contribution is 0.0943. The molecule has 1 amide bonds. The van der Waals surface area contributed by atoms with E-state index in [9.17, 15) is 4.79 Å². The van der Waals surface area contributed by atoms with Crippen LogP contribution >= 0.6 is 12.2 Å². The van der Waals surface area contributed by atoms with E-state index in [2.05, 4.69) is 21.2 Å². The molecule has 1 aromatic heterocycles. The van der Waals surface area contributed by atoms with Gasteiger partial charge in [-0.15, -0.1) is 0 Å². The van der Waals surface area contributed by atoms with Gasteiger partial charge in [0.25, 0.3) is 5.91 Å². The summed E-state index contributed by atoms with van der Waals surface area (Å²) in [5.41, 5.74) is 5.84. The van der Waals surface area contributed by atoms with Crippen LogP contribution in [0.15, 0.2) is 24.5 Å². The summed E-state index contributed by atoms with van der Waals surface area (Å²) >= 11 is 5.15. The second kappa shape index (κ2) is 7.04. The number of nitrogens with one attached hydrogen (secondary N) is 3. The lowest BCUT2D eigenvalue weighted by Gasteiger charge is -2.24. The van der Waals surface area contributed by atoms with Gasteiger partial charge < -0.3 is 5.32 Å². The second-order valence-electron chi connectivity index (χ2n) is 4.62. The number of aromatic nitrogens is 1. The predicted molar refractivity (Wildman–Crippen MR) is 77.4 cm³/mol.